The summed E-state index contributed by atoms with van der Waals surface area (Å²) in [7, 11) is 0. The molecule has 1 fully saturated rings. The van der Waals surface area contributed by atoms with Gasteiger partial charge in [-0.2, -0.15) is 9.38 Å². The summed E-state index contributed by atoms with van der Waals surface area (Å²) in [6.07, 6.45) is 3.44. The SMILES string of the molecule is O=C=NC1(c2ccc(O)c(F)c2O)CCC1. The molecular formula is C11H10FNO3. The van der Waals surface area contributed by atoms with Crippen LogP contribution in [-0.4, -0.2) is 16.3 Å². The zero-order valence-electron chi connectivity index (χ0n) is 8.40. The molecule has 16 heavy (non-hydrogen) atoms. The fourth-order valence-corrected chi connectivity index (χ4v) is 1.97. The van der Waals surface area contributed by atoms with E-state index in [-0.39, 0.29) is 5.56 Å². The summed E-state index contributed by atoms with van der Waals surface area (Å²) < 4.78 is 13.3. The van der Waals surface area contributed by atoms with Crippen LogP contribution in [0.3, 0.4) is 0 Å². The molecule has 1 aliphatic rings. The monoisotopic (exact) mass is 223 g/mol. The molecule has 0 amide bonds. The lowest BCUT2D eigenvalue weighted by Gasteiger charge is -2.37. The number of hydrogen-bond acceptors (Lipinski definition) is 4. The third-order valence-electron chi connectivity index (χ3n) is 3.04. The van der Waals surface area contributed by atoms with Gasteiger partial charge in [0.15, 0.2) is 11.5 Å². The first-order chi connectivity index (χ1) is 7.60. The van der Waals surface area contributed by atoms with Crippen molar-refractivity contribution in [2.75, 3.05) is 0 Å². The standard InChI is InChI=1S/C11H10FNO3/c12-9-8(15)3-2-7(10(9)16)11(13-6-14)4-1-5-11/h2-3,15-16H,1,4-5H2. The maximum Gasteiger partial charge on any atom is 0.235 e. The van der Waals surface area contributed by atoms with Crippen LogP contribution in [0.5, 0.6) is 11.5 Å². The lowest BCUT2D eigenvalue weighted by Crippen LogP contribution is -2.32. The van der Waals surface area contributed by atoms with Crippen molar-refractivity contribution >= 4 is 6.08 Å². The minimum Gasteiger partial charge on any atom is -0.505 e. The molecule has 5 heteroatoms. The van der Waals surface area contributed by atoms with Crippen LogP contribution in [0.4, 0.5) is 4.39 Å². The summed E-state index contributed by atoms with van der Waals surface area (Å²) in [5.74, 6) is -2.34. The van der Waals surface area contributed by atoms with Crippen molar-refractivity contribution in [1.29, 1.82) is 0 Å². The zero-order valence-corrected chi connectivity index (χ0v) is 8.40. The predicted molar refractivity (Wildman–Crippen MR) is 53.4 cm³/mol. The number of halogens is 1. The van der Waals surface area contributed by atoms with E-state index in [1.165, 1.54) is 12.1 Å². The Labute approximate surface area is 91.1 Å². The molecule has 2 rings (SSSR count). The second-order valence-electron chi connectivity index (χ2n) is 3.88. The number of hydrogen-bond donors (Lipinski definition) is 2. The van der Waals surface area contributed by atoms with Gasteiger partial charge >= 0.3 is 0 Å². The molecule has 0 heterocycles. The van der Waals surface area contributed by atoms with Crippen molar-refractivity contribution in [3.63, 3.8) is 0 Å². The van der Waals surface area contributed by atoms with Crippen molar-refractivity contribution < 1.29 is 19.4 Å². The van der Waals surface area contributed by atoms with Gasteiger partial charge in [-0.15, -0.1) is 0 Å². The molecule has 1 saturated carbocycles. The van der Waals surface area contributed by atoms with Crippen LogP contribution in [0, 0.1) is 5.82 Å². The third kappa shape index (κ3) is 1.37. The van der Waals surface area contributed by atoms with Gasteiger partial charge in [-0.05, 0) is 31.4 Å². The van der Waals surface area contributed by atoms with Gasteiger partial charge in [-0.1, -0.05) is 0 Å². The molecule has 1 aliphatic carbocycles. The largest absolute Gasteiger partial charge is 0.505 e. The number of carbonyl (C=O) groups excluding carboxylic acids is 1. The molecule has 0 aromatic heterocycles. The number of phenolic OH excluding ortho intramolecular Hbond substituents is 2. The number of aromatic hydroxyl groups is 2. The van der Waals surface area contributed by atoms with Crippen LogP contribution in [-0.2, 0) is 10.3 Å². The highest BCUT2D eigenvalue weighted by Gasteiger charge is 2.41. The molecule has 0 spiro atoms. The van der Waals surface area contributed by atoms with Crippen molar-refractivity contribution in [2.45, 2.75) is 24.8 Å². The summed E-state index contributed by atoms with van der Waals surface area (Å²) in [5.41, 5.74) is -0.627. The topological polar surface area (TPSA) is 69.9 Å². The molecule has 0 atom stereocenters. The maximum atomic E-state index is 13.3. The molecular weight excluding hydrogens is 213 g/mol. The van der Waals surface area contributed by atoms with Crippen molar-refractivity contribution in [1.82, 2.24) is 0 Å². The molecule has 0 aliphatic heterocycles. The van der Waals surface area contributed by atoms with Gasteiger partial charge in [-0.25, -0.2) is 4.79 Å². The average molecular weight is 223 g/mol. The number of nitrogens with zero attached hydrogens (tertiary/aromatic N) is 1. The second kappa shape index (κ2) is 3.61. The van der Waals surface area contributed by atoms with E-state index in [2.05, 4.69) is 4.99 Å². The van der Waals surface area contributed by atoms with Gasteiger partial charge < -0.3 is 10.2 Å². The number of phenols is 2. The van der Waals surface area contributed by atoms with Gasteiger partial charge in [0, 0.05) is 5.56 Å². The Morgan fingerprint density at radius 2 is 2.06 bits per heavy atom. The normalized spacial score (nSPS) is 17.3. The highest BCUT2D eigenvalue weighted by atomic mass is 19.1. The van der Waals surface area contributed by atoms with E-state index in [4.69, 9.17) is 5.11 Å². The van der Waals surface area contributed by atoms with E-state index in [1.807, 2.05) is 0 Å². The van der Waals surface area contributed by atoms with Crippen LogP contribution in [0.25, 0.3) is 0 Å². The Hall–Kier alpha value is -1.87. The summed E-state index contributed by atoms with van der Waals surface area (Å²) in [6, 6.07) is 2.53. The Morgan fingerprint density at radius 3 is 2.56 bits per heavy atom. The van der Waals surface area contributed by atoms with Gasteiger partial charge in [0.05, 0.1) is 0 Å². The summed E-state index contributed by atoms with van der Waals surface area (Å²) in [4.78, 5) is 14.0. The first-order valence-corrected chi connectivity index (χ1v) is 4.91. The maximum absolute atomic E-state index is 13.3. The average Bonchev–Trinajstić information content (AvgIpc) is 2.21. The van der Waals surface area contributed by atoms with E-state index in [1.54, 1.807) is 0 Å². The molecule has 0 saturated heterocycles. The Kier molecular flexibility index (Phi) is 2.40. The van der Waals surface area contributed by atoms with Crippen molar-refractivity contribution in [2.24, 2.45) is 4.99 Å². The van der Waals surface area contributed by atoms with Crippen molar-refractivity contribution in [3.05, 3.63) is 23.5 Å². The number of benzene rings is 1. The minimum atomic E-state index is -1.08. The highest BCUT2D eigenvalue weighted by Crippen LogP contribution is 2.49. The first kappa shape index (κ1) is 10.6. The molecule has 0 radical (unpaired) electrons. The number of rotatable bonds is 2. The highest BCUT2D eigenvalue weighted by molar-refractivity contribution is 5.48. The third-order valence-corrected chi connectivity index (χ3v) is 3.04. The van der Waals surface area contributed by atoms with E-state index in [9.17, 15) is 14.3 Å². The summed E-state index contributed by atoms with van der Waals surface area (Å²) in [5, 5.41) is 18.6. The Morgan fingerprint density at radius 1 is 1.38 bits per heavy atom. The quantitative estimate of drug-likeness (QED) is 0.594. The Balaban J connectivity index is 2.55. The van der Waals surface area contributed by atoms with Gasteiger partial charge in [-0.3, -0.25) is 0 Å². The van der Waals surface area contributed by atoms with Gasteiger partial charge in [0.25, 0.3) is 0 Å². The first-order valence-electron chi connectivity index (χ1n) is 4.91. The molecule has 0 unspecified atom stereocenters. The van der Waals surface area contributed by atoms with E-state index in [0.717, 1.165) is 12.5 Å². The summed E-state index contributed by atoms with van der Waals surface area (Å²) in [6.45, 7) is 0. The fraction of sp³-hybridized carbons (Fsp3) is 0.364. The predicted octanol–water partition coefficient (Wildman–Crippen LogP) is 1.95. The molecule has 1 aromatic carbocycles. The molecule has 84 valence electrons. The Bertz CT molecular complexity index is 476. The van der Waals surface area contributed by atoms with E-state index in [0.29, 0.717) is 12.8 Å². The van der Waals surface area contributed by atoms with E-state index >= 15 is 0 Å². The minimum absolute atomic E-state index is 0.234. The molecule has 2 N–H and O–H groups in total. The molecule has 0 bridgehead atoms. The van der Waals surface area contributed by atoms with Gasteiger partial charge in [0.1, 0.15) is 5.54 Å². The van der Waals surface area contributed by atoms with Crippen LogP contribution < -0.4 is 0 Å². The van der Waals surface area contributed by atoms with Gasteiger partial charge in [0.2, 0.25) is 11.9 Å². The molecule has 1 aromatic rings. The van der Waals surface area contributed by atoms with Crippen molar-refractivity contribution in [3.8, 4) is 11.5 Å². The fourth-order valence-electron chi connectivity index (χ4n) is 1.97. The van der Waals surface area contributed by atoms with Crippen LogP contribution in [0.1, 0.15) is 24.8 Å². The van der Waals surface area contributed by atoms with Crippen LogP contribution in [0.2, 0.25) is 0 Å². The lowest BCUT2D eigenvalue weighted by atomic mass is 9.72. The zero-order chi connectivity index (χ0) is 11.8. The van der Waals surface area contributed by atoms with E-state index < -0.39 is 22.9 Å². The number of isocyanates is 1. The van der Waals surface area contributed by atoms with Crippen LogP contribution >= 0.6 is 0 Å². The van der Waals surface area contributed by atoms with Crippen LogP contribution in [0.15, 0.2) is 17.1 Å². The summed E-state index contributed by atoms with van der Waals surface area (Å²) >= 11 is 0. The second-order valence-corrected chi connectivity index (χ2v) is 3.88. The lowest BCUT2D eigenvalue weighted by molar-refractivity contribution is 0.244. The number of aliphatic imine (C=N–C) groups is 1. The molecule has 4 nitrogen and oxygen atoms in total. The smallest absolute Gasteiger partial charge is 0.235 e.